The fourth-order valence-corrected chi connectivity index (χ4v) is 4.51. The number of hydrogen-bond donors (Lipinski definition) is 1. The Hall–Kier alpha value is -1.06. The minimum Gasteiger partial charge on any atom is -0.481 e. The second-order valence-electron chi connectivity index (χ2n) is 9.07. The van der Waals surface area contributed by atoms with Crippen molar-refractivity contribution < 1.29 is 19.4 Å². The summed E-state index contributed by atoms with van der Waals surface area (Å²) in [7, 11) is 0. The minimum atomic E-state index is -0.770. The molecule has 1 N–H and O–H groups in total. The SMILES string of the molecule is CCCCCCCCCCCCCC(CCC)OC(=O)C1CCCC(C(=O)O)C1. The Balaban J connectivity index is 2.15. The molecular formula is C25H46O4. The maximum Gasteiger partial charge on any atom is 0.309 e. The molecule has 4 heteroatoms. The van der Waals surface area contributed by atoms with Gasteiger partial charge in [-0.25, -0.2) is 0 Å². The van der Waals surface area contributed by atoms with E-state index in [0.29, 0.717) is 12.8 Å². The summed E-state index contributed by atoms with van der Waals surface area (Å²) in [4.78, 5) is 23.8. The molecule has 0 spiro atoms. The predicted octanol–water partition coefficient (Wildman–Crippen LogP) is 7.29. The van der Waals surface area contributed by atoms with Gasteiger partial charge in [0.25, 0.3) is 0 Å². The molecule has 0 aromatic heterocycles. The van der Waals surface area contributed by atoms with Gasteiger partial charge < -0.3 is 9.84 Å². The van der Waals surface area contributed by atoms with Gasteiger partial charge in [-0.3, -0.25) is 9.59 Å². The Morgan fingerprint density at radius 1 is 0.793 bits per heavy atom. The molecule has 1 saturated carbocycles. The first-order valence-corrected chi connectivity index (χ1v) is 12.5. The second kappa shape index (κ2) is 16.7. The minimum absolute atomic E-state index is 0.0104. The molecule has 1 aliphatic rings. The number of ether oxygens (including phenoxy) is 1. The number of carboxylic acid groups (broad SMARTS) is 1. The first kappa shape index (κ1) is 26.0. The van der Waals surface area contributed by atoms with Gasteiger partial charge >= 0.3 is 11.9 Å². The van der Waals surface area contributed by atoms with Gasteiger partial charge in [0.05, 0.1) is 11.8 Å². The molecule has 0 aromatic carbocycles. The zero-order chi connectivity index (χ0) is 21.3. The van der Waals surface area contributed by atoms with Crippen molar-refractivity contribution in [3.05, 3.63) is 0 Å². The number of unbranched alkanes of at least 4 members (excludes halogenated alkanes) is 10. The summed E-state index contributed by atoms with van der Waals surface area (Å²) in [6.07, 6.45) is 20.2. The highest BCUT2D eigenvalue weighted by Crippen LogP contribution is 2.31. The van der Waals surface area contributed by atoms with E-state index in [4.69, 9.17) is 4.74 Å². The number of esters is 1. The molecule has 3 atom stereocenters. The van der Waals surface area contributed by atoms with Crippen LogP contribution < -0.4 is 0 Å². The average Bonchev–Trinajstić information content (AvgIpc) is 2.72. The Bertz CT molecular complexity index is 435. The molecule has 1 aliphatic carbocycles. The lowest BCUT2D eigenvalue weighted by Crippen LogP contribution is -2.31. The van der Waals surface area contributed by atoms with Crippen LogP contribution in [0.1, 0.15) is 129 Å². The van der Waals surface area contributed by atoms with Crippen molar-refractivity contribution in [2.24, 2.45) is 11.8 Å². The molecule has 170 valence electrons. The number of carboxylic acids is 1. The summed E-state index contributed by atoms with van der Waals surface area (Å²) in [5.74, 6) is -1.52. The molecule has 0 bridgehead atoms. The van der Waals surface area contributed by atoms with Crippen molar-refractivity contribution in [3.8, 4) is 0 Å². The summed E-state index contributed by atoms with van der Waals surface area (Å²) in [5, 5.41) is 9.22. The molecule has 1 rings (SSSR count). The van der Waals surface area contributed by atoms with Crippen LogP contribution in [-0.2, 0) is 14.3 Å². The molecule has 4 nitrogen and oxygen atoms in total. The van der Waals surface area contributed by atoms with Crippen LogP contribution in [0.25, 0.3) is 0 Å². The summed E-state index contributed by atoms with van der Waals surface area (Å²) in [5.41, 5.74) is 0. The van der Waals surface area contributed by atoms with Gasteiger partial charge in [0.15, 0.2) is 0 Å². The van der Waals surface area contributed by atoms with Gasteiger partial charge in [0.1, 0.15) is 6.10 Å². The monoisotopic (exact) mass is 410 g/mol. The van der Waals surface area contributed by atoms with Gasteiger partial charge in [-0.05, 0) is 38.5 Å². The molecule has 0 aromatic rings. The highest BCUT2D eigenvalue weighted by Gasteiger charge is 2.32. The van der Waals surface area contributed by atoms with Crippen molar-refractivity contribution >= 4 is 11.9 Å². The van der Waals surface area contributed by atoms with Crippen LogP contribution in [0, 0.1) is 11.8 Å². The van der Waals surface area contributed by atoms with Crippen LogP contribution in [-0.4, -0.2) is 23.1 Å². The van der Waals surface area contributed by atoms with E-state index in [-0.39, 0.29) is 23.9 Å². The van der Waals surface area contributed by atoms with Crippen LogP contribution in [0.3, 0.4) is 0 Å². The molecule has 0 heterocycles. The standard InChI is InChI=1S/C25H46O4/c1-3-5-6-7-8-9-10-11-12-13-14-19-23(16-4-2)29-25(28)22-18-15-17-21(20-22)24(26)27/h21-23H,3-20H2,1-2H3,(H,26,27). The number of carbonyl (C=O) groups excluding carboxylic acids is 1. The van der Waals surface area contributed by atoms with Crippen LogP contribution in [0.2, 0.25) is 0 Å². The Morgan fingerprint density at radius 3 is 1.90 bits per heavy atom. The summed E-state index contributed by atoms with van der Waals surface area (Å²) in [6, 6.07) is 0. The molecule has 1 fully saturated rings. The molecule has 0 saturated heterocycles. The van der Waals surface area contributed by atoms with Gasteiger partial charge in [-0.15, -0.1) is 0 Å². The maximum absolute atomic E-state index is 12.5. The van der Waals surface area contributed by atoms with E-state index in [1.807, 2.05) is 0 Å². The summed E-state index contributed by atoms with van der Waals surface area (Å²) >= 11 is 0. The highest BCUT2D eigenvalue weighted by atomic mass is 16.5. The molecular weight excluding hydrogens is 364 g/mol. The summed E-state index contributed by atoms with van der Waals surface area (Å²) in [6.45, 7) is 4.39. The van der Waals surface area contributed by atoms with E-state index in [0.717, 1.165) is 38.5 Å². The van der Waals surface area contributed by atoms with Crippen LogP contribution in [0.5, 0.6) is 0 Å². The number of aliphatic carboxylic acids is 1. The van der Waals surface area contributed by atoms with Crippen molar-refractivity contribution in [3.63, 3.8) is 0 Å². The number of carbonyl (C=O) groups is 2. The van der Waals surface area contributed by atoms with E-state index < -0.39 is 5.97 Å². The third kappa shape index (κ3) is 12.3. The molecule has 0 amide bonds. The zero-order valence-electron chi connectivity index (χ0n) is 19.1. The van der Waals surface area contributed by atoms with E-state index in [1.54, 1.807) is 0 Å². The molecule has 0 aliphatic heterocycles. The molecule has 3 unspecified atom stereocenters. The number of hydrogen-bond acceptors (Lipinski definition) is 3. The van der Waals surface area contributed by atoms with Gasteiger partial charge in [0.2, 0.25) is 0 Å². The second-order valence-corrected chi connectivity index (χ2v) is 9.07. The van der Waals surface area contributed by atoms with Gasteiger partial charge in [-0.1, -0.05) is 90.9 Å². The highest BCUT2D eigenvalue weighted by molar-refractivity contribution is 5.75. The lowest BCUT2D eigenvalue weighted by Gasteiger charge is -2.27. The van der Waals surface area contributed by atoms with Crippen LogP contribution >= 0.6 is 0 Å². The van der Waals surface area contributed by atoms with Crippen LogP contribution in [0.4, 0.5) is 0 Å². The van der Waals surface area contributed by atoms with E-state index in [2.05, 4.69) is 13.8 Å². The smallest absolute Gasteiger partial charge is 0.309 e. The average molecular weight is 411 g/mol. The quantitative estimate of drug-likeness (QED) is 0.202. The normalized spacial score (nSPS) is 20.3. The summed E-state index contributed by atoms with van der Waals surface area (Å²) < 4.78 is 5.82. The van der Waals surface area contributed by atoms with E-state index >= 15 is 0 Å². The Labute approximate surface area is 179 Å². The Morgan fingerprint density at radius 2 is 1.34 bits per heavy atom. The first-order valence-electron chi connectivity index (χ1n) is 12.5. The van der Waals surface area contributed by atoms with Crippen molar-refractivity contribution in [1.82, 2.24) is 0 Å². The van der Waals surface area contributed by atoms with Crippen molar-refractivity contribution in [2.45, 2.75) is 136 Å². The lowest BCUT2D eigenvalue weighted by atomic mass is 9.81. The third-order valence-corrected chi connectivity index (χ3v) is 6.38. The Kier molecular flexibility index (Phi) is 15.0. The van der Waals surface area contributed by atoms with Crippen molar-refractivity contribution in [1.29, 1.82) is 0 Å². The third-order valence-electron chi connectivity index (χ3n) is 6.38. The topological polar surface area (TPSA) is 63.6 Å². The fourth-order valence-electron chi connectivity index (χ4n) is 4.51. The van der Waals surface area contributed by atoms with Gasteiger partial charge in [-0.2, -0.15) is 0 Å². The lowest BCUT2D eigenvalue weighted by molar-refractivity contribution is -0.157. The fraction of sp³-hybridized carbons (Fsp3) is 0.920. The van der Waals surface area contributed by atoms with E-state index in [1.165, 1.54) is 64.2 Å². The first-order chi connectivity index (χ1) is 14.1. The van der Waals surface area contributed by atoms with Gasteiger partial charge in [0, 0.05) is 0 Å². The molecule has 29 heavy (non-hydrogen) atoms. The van der Waals surface area contributed by atoms with E-state index in [9.17, 15) is 14.7 Å². The zero-order valence-corrected chi connectivity index (χ0v) is 19.1. The van der Waals surface area contributed by atoms with Crippen molar-refractivity contribution in [2.75, 3.05) is 0 Å². The van der Waals surface area contributed by atoms with Crippen LogP contribution in [0.15, 0.2) is 0 Å². The predicted molar refractivity (Wildman–Crippen MR) is 119 cm³/mol. The maximum atomic E-state index is 12.5. The number of rotatable bonds is 17. The largest absolute Gasteiger partial charge is 0.481 e. The molecule has 0 radical (unpaired) electrons.